The van der Waals surface area contributed by atoms with Crippen LogP contribution in [0, 0.1) is 19.7 Å². The molecule has 0 radical (unpaired) electrons. The van der Waals surface area contributed by atoms with E-state index in [-0.39, 0.29) is 0 Å². The topological polar surface area (TPSA) is 85.5 Å². The zero-order chi connectivity index (χ0) is 22.9. The average molecular weight is 456 g/mol. The van der Waals surface area contributed by atoms with Crippen molar-refractivity contribution in [1.29, 1.82) is 0 Å². The van der Waals surface area contributed by atoms with Gasteiger partial charge in [0.2, 0.25) is 0 Å². The minimum Gasteiger partial charge on any atom is -0.494 e. The van der Waals surface area contributed by atoms with E-state index in [0.717, 1.165) is 56.7 Å². The molecule has 0 amide bonds. The van der Waals surface area contributed by atoms with Gasteiger partial charge in [-0.2, -0.15) is 4.98 Å². The van der Waals surface area contributed by atoms with Gasteiger partial charge in [0.1, 0.15) is 17.1 Å². The minimum absolute atomic E-state index is 0.328. The molecule has 2 aliphatic rings. The minimum atomic E-state index is -0.397. The summed E-state index contributed by atoms with van der Waals surface area (Å²) in [4.78, 5) is 11.5. The van der Waals surface area contributed by atoms with Gasteiger partial charge in [0.25, 0.3) is 5.89 Å². The monoisotopic (exact) mass is 455 g/mol. The van der Waals surface area contributed by atoms with Crippen molar-refractivity contribution in [3.63, 3.8) is 0 Å². The number of halogens is 1. The number of benzene rings is 1. The third kappa shape index (κ3) is 4.39. The lowest BCUT2D eigenvalue weighted by atomic mass is 9.99. The van der Waals surface area contributed by atoms with E-state index in [1.807, 2.05) is 19.9 Å². The number of hydrogen-bond acceptors (Lipinski definition) is 8. The SMILES string of the molecule is CCOc1cc(F)c2nc(N3CCC(N[C@H]4CCOC4)CC3)c(-c3nc(C)no3)c(C)c2c1. The molecule has 2 fully saturated rings. The molecular weight excluding hydrogens is 425 g/mol. The highest BCUT2D eigenvalue weighted by atomic mass is 19.1. The molecule has 8 nitrogen and oxygen atoms in total. The Balaban J connectivity index is 1.52. The quantitative estimate of drug-likeness (QED) is 0.601. The van der Waals surface area contributed by atoms with Gasteiger partial charge in [0.05, 0.1) is 18.8 Å². The zero-order valence-electron chi connectivity index (χ0n) is 19.4. The molecule has 2 aliphatic heterocycles. The lowest BCUT2D eigenvalue weighted by molar-refractivity contribution is 0.186. The first-order valence-electron chi connectivity index (χ1n) is 11.7. The van der Waals surface area contributed by atoms with Gasteiger partial charge < -0.3 is 24.2 Å². The van der Waals surface area contributed by atoms with Crippen LogP contribution >= 0.6 is 0 Å². The van der Waals surface area contributed by atoms with Crippen molar-refractivity contribution in [2.45, 2.75) is 52.1 Å². The van der Waals surface area contributed by atoms with Gasteiger partial charge in [0.15, 0.2) is 11.6 Å². The number of anilines is 1. The average Bonchev–Trinajstić information content (AvgIpc) is 3.47. The van der Waals surface area contributed by atoms with Crippen LogP contribution in [0.25, 0.3) is 22.4 Å². The van der Waals surface area contributed by atoms with Crippen LogP contribution in [0.1, 0.15) is 37.6 Å². The standard InChI is InChI=1S/C24H30FN5O3/c1-4-32-18-11-19-14(2)21(24-26-15(3)29-33-24)23(28-22(19)20(25)12-18)30-8-5-16(6-9-30)27-17-7-10-31-13-17/h11-12,16-17,27H,4-10,13H2,1-3H3/t17-/m0/s1. The number of aryl methyl sites for hydroxylation is 2. The third-order valence-corrected chi connectivity index (χ3v) is 6.51. The summed E-state index contributed by atoms with van der Waals surface area (Å²) in [5.74, 6) is 1.72. The Morgan fingerprint density at radius 2 is 1.97 bits per heavy atom. The molecule has 0 saturated carbocycles. The number of pyridine rings is 1. The first-order chi connectivity index (χ1) is 16.0. The second-order valence-corrected chi connectivity index (χ2v) is 8.80. The zero-order valence-corrected chi connectivity index (χ0v) is 19.4. The number of nitrogens with one attached hydrogen (secondary N) is 1. The molecule has 1 atom stereocenters. The Bertz CT molecular complexity index is 1140. The van der Waals surface area contributed by atoms with Crippen LogP contribution in [0.5, 0.6) is 5.75 Å². The first kappa shape index (κ1) is 22.0. The fourth-order valence-corrected chi connectivity index (χ4v) is 4.83. The van der Waals surface area contributed by atoms with Crippen molar-refractivity contribution in [3.8, 4) is 17.2 Å². The second kappa shape index (κ2) is 9.23. The molecule has 5 rings (SSSR count). The Morgan fingerprint density at radius 1 is 1.15 bits per heavy atom. The molecule has 176 valence electrons. The van der Waals surface area contributed by atoms with Gasteiger partial charge >= 0.3 is 0 Å². The summed E-state index contributed by atoms with van der Waals surface area (Å²) >= 11 is 0. The van der Waals surface area contributed by atoms with Gasteiger partial charge in [-0.05, 0) is 51.7 Å². The summed E-state index contributed by atoms with van der Waals surface area (Å²) in [6, 6.07) is 4.11. The van der Waals surface area contributed by atoms with E-state index < -0.39 is 5.82 Å². The van der Waals surface area contributed by atoms with Crippen molar-refractivity contribution in [2.24, 2.45) is 0 Å². The molecule has 2 saturated heterocycles. The summed E-state index contributed by atoms with van der Waals surface area (Å²) in [5.41, 5.74) is 1.93. The largest absolute Gasteiger partial charge is 0.494 e. The number of rotatable bonds is 6. The Labute approximate surface area is 192 Å². The van der Waals surface area contributed by atoms with Crippen molar-refractivity contribution in [2.75, 3.05) is 37.8 Å². The molecule has 1 aromatic carbocycles. The first-order valence-corrected chi connectivity index (χ1v) is 11.7. The van der Waals surface area contributed by atoms with Gasteiger partial charge in [-0.3, -0.25) is 0 Å². The maximum atomic E-state index is 15.1. The van der Waals surface area contributed by atoms with E-state index >= 15 is 4.39 Å². The summed E-state index contributed by atoms with van der Waals surface area (Å²) in [5, 5.41) is 8.39. The Kier molecular flexibility index (Phi) is 6.16. The smallest absolute Gasteiger partial charge is 0.261 e. The fourth-order valence-electron chi connectivity index (χ4n) is 4.83. The van der Waals surface area contributed by atoms with E-state index in [0.29, 0.717) is 52.9 Å². The van der Waals surface area contributed by atoms with Gasteiger partial charge in [-0.15, -0.1) is 0 Å². The molecule has 3 aromatic rings. The molecule has 0 unspecified atom stereocenters. The van der Waals surface area contributed by atoms with Gasteiger partial charge in [-0.1, -0.05) is 5.16 Å². The molecular formula is C24H30FN5O3. The summed E-state index contributed by atoms with van der Waals surface area (Å²) in [7, 11) is 0. The van der Waals surface area contributed by atoms with Crippen LogP contribution in [0.15, 0.2) is 16.7 Å². The third-order valence-electron chi connectivity index (χ3n) is 6.51. The highest BCUT2D eigenvalue weighted by Crippen LogP contribution is 2.39. The number of nitrogens with zero attached hydrogens (tertiary/aromatic N) is 4. The van der Waals surface area contributed by atoms with Crippen LogP contribution in [-0.2, 0) is 4.74 Å². The maximum absolute atomic E-state index is 15.1. The van der Waals surface area contributed by atoms with E-state index in [2.05, 4.69) is 20.4 Å². The van der Waals surface area contributed by atoms with Crippen LogP contribution in [0.2, 0.25) is 0 Å². The molecule has 1 N–H and O–H groups in total. The lowest BCUT2D eigenvalue weighted by Gasteiger charge is -2.35. The van der Waals surface area contributed by atoms with Crippen molar-refractivity contribution >= 4 is 16.7 Å². The van der Waals surface area contributed by atoms with Crippen LogP contribution < -0.4 is 15.0 Å². The maximum Gasteiger partial charge on any atom is 0.261 e. The van der Waals surface area contributed by atoms with Crippen LogP contribution in [0.3, 0.4) is 0 Å². The number of aromatic nitrogens is 3. The molecule has 4 heterocycles. The van der Waals surface area contributed by atoms with E-state index in [1.165, 1.54) is 6.07 Å². The molecule has 0 spiro atoms. The number of piperidine rings is 1. The van der Waals surface area contributed by atoms with E-state index in [4.69, 9.17) is 19.0 Å². The van der Waals surface area contributed by atoms with Gasteiger partial charge in [0, 0.05) is 43.2 Å². The lowest BCUT2D eigenvalue weighted by Crippen LogP contribution is -2.46. The highest BCUT2D eigenvalue weighted by Gasteiger charge is 2.29. The molecule has 33 heavy (non-hydrogen) atoms. The van der Waals surface area contributed by atoms with Crippen LogP contribution in [-0.4, -0.2) is 60.1 Å². The molecule has 9 heteroatoms. The van der Waals surface area contributed by atoms with Crippen molar-refractivity contribution in [1.82, 2.24) is 20.4 Å². The number of ether oxygens (including phenoxy) is 2. The fraction of sp³-hybridized carbons (Fsp3) is 0.542. The number of hydrogen-bond donors (Lipinski definition) is 1. The molecule has 2 aromatic heterocycles. The summed E-state index contributed by atoms with van der Waals surface area (Å²) in [6.07, 6.45) is 3.02. The van der Waals surface area contributed by atoms with Crippen LogP contribution in [0.4, 0.5) is 10.2 Å². The van der Waals surface area contributed by atoms with E-state index in [9.17, 15) is 0 Å². The summed E-state index contributed by atoms with van der Waals surface area (Å²) < 4.78 is 31.7. The normalized spacial score (nSPS) is 19.5. The second-order valence-electron chi connectivity index (χ2n) is 8.80. The van der Waals surface area contributed by atoms with E-state index in [1.54, 1.807) is 6.92 Å². The Morgan fingerprint density at radius 3 is 2.64 bits per heavy atom. The highest BCUT2D eigenvalue weighted by molar-refractivity contribution is 5.93. The summed E-state index contributed by atoms with van der Waals surface area (Å²) in [6.45, 7) is 9.31. The molecule has 0 bridgehead atoms. The number of fused-ring (bicyclic) bond motifs is 1. The Hall–Kier alpha value is -2.78. The van der Waals surface area contributed by atoms with Crippen molar-refractivity contribution in [3.05, 3.63) is 29.3 Å². The predicted molar refractivity (Wildman–Crippen MR) is 123 cm³/mol. The predicted octanol–water partition coefficient (Wildman–Crippen LogP) is 3.79. The van der Waals surface area contributed by atoms with Crippen molar-refractivity contribution < 1.29 is 18.4 Å². The molecule has 0 aliphatic carbocycles. The van der Waals surface area contributed by atoms with Gasteiger partial charge in [-0.25, -0.2) is 9.37 Å².